The van der Waals surface area contributed by atoms with Gasteiger partial charge in [-0.1, -0.05) is 12.1 Å². The van der Waals surface area contributed by atoms with Crippen molar-refractivity contribution in [1.29, 1.82) is 0 Å². The molecule has 0 N–H and O–H groups in total. The minimum absolute atomic E-state index is 0. The van der Waals surface area contributed by atoms with Gasteiger partial charge < -0.3 is 9.47 Å². The number of hydrogen-bond donors (Lipinski definition) is 0. The molecule has 4 rings (SSSR count). The van der Waals surface area contributed by atoms with Gasteiger partial charge in [-0.3, -0.25) is 4.68 Å². The van der Waals surface area contributed by atoms with E-state index in [0.29, 0.717) is 23.1 Å². The normalized spacial score (nSPS) is 10.2. The number of nitrogens with zero attached hydrogens (tertiary/aromatic N) is 3. The van der Waals surface area contributed by atoms with Crippen molar-refractivity contribution in [3.8, 4) is 28.8 Å². The van der Waals surface area contributed by atoms with E-state index in [-0.39, 0.29) is 21.1 Å². The van der Waals surface area contributed by atoms with Crippen molar-refractivity contribution < 1.29 is 30.5 Å². The van der Waals surface area contributed by atoms with E-state index in [1.54, 1.807) is 18.3 Å². The third-order valence-electron chi connectivity index (χ3n) is 3.80. The molecule has 2 aromatic heterocycles. The van der Waals surface area contributed by atoms with Gasteiger partial charge in [-0.15, -0.1) is 30.3 Å². The molecule has 0 atom stereocenters. The Hall–Kier alpha value is -2.91. The van der Waals surface area contributed by atoms with Gasteiger partial charge >= 0.3 is 21.1 Å². The number of benzene rings is 2. The van der Waals surface area contributed by atoms with E-state index in [1.807, 2.05) is 67.1 Å². The molecule has 4 aromatic rings. The van der Waals surface area contributed by atoms with Crippen LogP contribution in [0.25, 0.3) is 5.69 Å². The predicted molar refractivity (Wildman–Crippen MR) is 102 cm³/mol. The molecule has 28 heavy (non-hydrogen) atoms. The Labute approximate surface area is 178 Å². The third-order valence-corrected chi connectivity index (χ3v) is 3.80. The molecule has 0 spiro atoms. The van der Waals surface area contributed by atoms with Crippen LogP contribution in [0.1, 0.15) is 11.4 Å². The molecule has 0 aliphatic rings. The quantitative estimate of drug-likeness (QED) is 0.326. The van der Waals surface area contributed by atoms with E-state index in [4.69, 9.17) is 9.47 Å². The number of aromatic nitrogens is 3. The van der Waals surface area contributed by atoms with Gasteiger partial charge in [0.25, 0.3) is 0 Å². The predicted octanol–water partition coefficient (Wildman–Crippen LogP) is 5.07. The smallest absolute Gasteiger partial charge is 0.509 e. The number of hydrogen-bond acceptors (Lipinski definition) is 4. The topological polar surface area (TPSA) is 49.2 Å². The van der Waals surface area contributed by atoms with Gasteiger partial charge in [-0.2, -0.15) is 17.2 Å². The minimum atomic E-state index is 0. The summed E-state index contributed by atoms with van der Waals surface area (Å²) in [6.07, 6.45) is 1.68. The largest absolute Gasteiger partial charge is 2.00 e. The van der Waals surface area contributed by atoms with Crippen molar-refractivity contribution in [3.63, 3.8) is 0 Å². The van der Waals surface area contributed by atoms with Crippen molar-refractivity contribution >= 4 is 0 Å². The van der Waals surface area contributed by atoms with Crippen molar-refractivity contribution in [2.75, 3.05) is 0 Å². The van der Waals surface area contributed by atoms with Crippen LogP contribution in [0.4, 0.5) is 0 Å². The first kappa shape index (κ1) is 19.8. The first-order valence-electron chi connectivity index (χ1n) is 8.52. The molecule has 6 heteroatoms. The monoisotopic (exact) mass is 550 g/mol. The zero-order chi connectivity index (χ0) is 18.6. The van der Waals surface area contributed by atoms with E-state index >= 15 is 0 Å². The van der Waals surface area contributed by atoms with Crippen molar-refractivity contribution in [2.24, 2.45) is 0 Å². The molecule has 0 amide bonds. The summed E-state index contributed by atoms with van der Waals surface area (Å²) < 4.78 is 13.4. The molecule has 2 aromatic carbocycles. The summed E-state index contributed by atoms with van der Waals surface area (Å²) in [4.78, 5) is 4.14. The van der Waals surface area contributed by atoms with Crippen LogP contribution in [0.15, 0.2) is 66.9 Å². The summed E-state index contributed by atoms with van der Waals surface area (Å²) in [7, 11) is 0. The SMILES string of the molecule is Cc1cc(C)n(-c2[c-]c(Oc3[c-]c(Oc4ccccn4)ccc3)ccc2)n1.[Pt+2]. The molecule has 0 radical (unpaired) electrons. The molecular weight excluding hydrogens is 533 g/mol. The molecule has 0 aliphatic carbocycles. The number of ether oxygens (including phenoxy) is 2. The second-order valence-corrected chi connectivity index (χ2v) is 5.99. The van der Waals surface area contributed by atoms with Crippen LogP contribution in [0.5, 0.6) is 23.1 Å². The first-order valence-corrected chi connectivity index (χ1v) is 8.52. The molecule has 142 valence electrons. The number of rotatable bonds is 5. The molecule has 0 aliphatic heterocycles. The number of pyridine rings is 1. The fraction of sp³-hybridized carbons (Fsp3) is 0.0909. The first-order chi connectivity index (χ1) is 13.2. The minimum Gasteiger partial charge on any atom is -0.509 e. The summed E-state index contributed by atoms with van der Waals surface area (Å²) in [6, 6.07) is 25.0. The molecule has 0 unspecified atom stereocenters. The molecule has 5 nitrogen and oxygen atoms in total. The Morgan fingerprint density at radius 2 is 1.54 bits per heavy atom. The standard InChI is InChI=1S/C22H17N3O2.Pt/c1-16-13-17(2)25(24-16)18-7-5-8-19(14-18)26-20-9-6-10-21(15-20)27-22-11-3-4-12-23-22;/h3-13H,1-2H3;/q-2;+2. The molecule has 0 saturated carbocycles. The van der Waals surface area contributed by atoms with Crippen molar-refractivity contribution in [2.45, 2.75) is 13.8 Å². The fourth-order valence-electron chi connectivity index (χ4n) is 2.68. The molecular formula is C22H17N3O2Pt. The zero-order valence-electron chi connectivity index (χ0n) is 15.3. The van der Waals surface area contributed by atoms with Gasteiger partial charge in [0.05, 0.1) is 5.69 Å². The zero-order valence-corrected chi connectivity index (χ0v) is 17.6. The van der Waals surface area contributed by atoms with Crippen LogP contribution in [-0.4, -0.2) is 14.8 Å². The van der Waals surface area contributed by atoms with Gasteiger partial charge in [-0.25, -0.2) is 4.98 Å². The maximum Gasteiger partial charge on any atom is 2.00 e. The maximum atomic E-state index is 5.91. The van der Waals surface area contributed by atoms with Crippen molar-refractivity contribution in [3.05, 3.63) is 90.4 Å². The van der Waals surface area contributed by atoms with Crippen LogP contribution >= 0.6 is 0 Å². The number of aryl methyl sites for hydroxylation is 2. The van der Waals surface area contributed by atoms with Crippen LogP contribution < -0.4 is 9.47 Å². The fourth-order valence-corrected chi connectivity index (χ4v) is 2.68. The Morgan fingerprint density at radius 3 is 2.21 bits per heavy atom. The average molecular weight is 550 g/mol. The molecule has 0 saturated heterocycles. The van der Waals surface area contributed by atoms with E-state index in [2.05, 4.69) is 22.2 Å². The van der Waals surface area contributed by atoms with Crippen LogP contribution in [0.2, 0.25) is 0 Å². The Morgan fingerprint density at radius 1 is 0.821 bits per heavy atom. The molecule has 2 heterocycles. The summed E-state index contributed by atoms with van der Waals surface area (Å²) in [5.74, 6) is 2.14. The summed E-state index contributed by atoms with van der Waals surface area (Å²) in [5.41, 5.74) is 2.82. The van der Waals surface area contributed by atoms with Crippen LogP contribution in [-0.2, 0) is 21.1 Å². The van der Waals surface area contributed by atoms with Crippen LogP contribution in [0.3, 0.4) is 0 Å². The average Bonchev–Trinajstić information content (AvgIpc) is 3.01. The van der Waals surface area contributed by atoms with E-state index in [9.17, 15) is 0 Å². The van der Waals surface area contributed by atoms with Gasteiger partial charge in [-0.05, 0) is 31.7 Å². The van der Waals surface area contributed by atoms with Gasteiger partial charge in [0.1, 0.15) is 0 Å². The maximum absolute atomic E-state index is 5.91. The van der Waals surface area contributed by atoms with E-state index in [1.165, 1.54) is 0 Å². The molecule has 0 fully saturated rings. The summed E-state index contributed by atoms with van der Waals surface area (Å²) in [6.45, 7) is 3.97. The van der Waals surface area contributed by atoms with E-state index in [0.717, 1.165) is 17.1 Å². The van der Waals surface area contributed by atoms with Crippen LogP contribution in [0, 0.1) is 26.0 Å². The Bertz CT molecular complexity index is 1060. The summed E-state index contributed by atoms with van der Waals surface area (Å²) >= 11 is 0. The van der Waals surface area contributed by atoms with E-state index < -0.39 is 0 Å². The molecule has 0 bridgehead atoms. The van der Waals surface area contributed by atoms with Gasteiger partial charge in [0, 0.05) is 35.2 Å². The van der Waals surface area contributed by atoms with Gasteiger partial charge in [0.2, 0.25) is 5.88 Å². The second kappa shape index (κ2) is 8.85. The Kier molecular flexibility index (Phi) is 6.27. The second-order valence-electron chi connectivity index (χ2n) is 5.99. The Balaban J connectivity index is 0.00000225. The summed E-state index contributed by atoms with van der Waals surface area (Å²) in [5, 5.41) is 4.48. The third kappa shape index (κ3) is 4.67. The van der Waals surface area contributed by atoms with Gasteiger partial charge in [0.15, 0.2) is 0 Å². The van der Waals surface area contributed by atoms with Crippen molar-refractivity contribution in [1.82, 2.24) is 14.8 Å².